The van der Waals surface area contributed by atoms with E-state index in [4.69, 9.17) is 4.74 Å². The minimum absolute atomic E-state index is 0.176. The lowest BCUT2D eigenvalue weighted by atomic mass is 9.93. The molecule has 3 aromatic carbocycles. The van der Waals surface area contributed by atoms with Gasteiger partial charge in [0.2, 0.25) is 0 Å². The number of aryl methyl sites for hydroxylation is 3. The van der Waals surface area contributed by atoms with Crippen molar-refractivity contribution in [2.24, 2.45) is 5.92 Å². The van der Waals surface area contributed by atoms with Crippen LogP contribution in [0.25, 0.3) is 0 Å². The van der Waals surface area contributed by atoms with E-state index in [1.54, 1.807) is 30.3 Å². The fourth-order valence-electron chi connectivity index (χ4n) is 3.79. The summed E-state index contributed by atoms with van der Waals surface area (Å²) in [5.74, 6) is -0.366. The van der Waals surface area contributed by atoms with Crippen LogP contribution in [-0.2, 0) is 32.4 Å². The number of carbonyl (C=O) groups excluding carboxylic acids is 1. The van der Waals surface area contributed by atoms with Crippen molar-refractivity contribution in [2.45, 2.75) is 43.9 Å². The van der Waals surface area contributed by atoms with Crippen molar-refractivity contribution in [1.82, 2.24) is 0 Å². The highest BCUT2D eigenvalue weighted by atomic mass is 32.2. The van der Waals surface area contributed by atoms with Crippen LogP contribution >= 0.6 is 0 Å². The minimum atomic E-state index is -3.67. The average Bonchev–Trinajstić information content (AvgIpc) is 2.83. The Hall–Kier alpha value is -3.12. The molecule has 6 heteroatoms. The van der Waals surface area contributed by atoms with Gasteiger partial charge in [-0.1, -0.05) is 60.2 Å². The summed E-state index contributed by atoms with van der Waals surface area (Å²) in [5.41, 5.74) is 3.72. The molecular weight excluding hydrogens is 434 g/mol. The molecule has 174 valence electrons. The summed E-state index contributed by atoms with van der Waals surface area (Å²) in [5, 5.41) is 0. The zero-order chi connectivity index (χ0) is 23.7. The Morgan fingerprint density at radius 2 is 1.58 bits per heavy atom. The van der Waals surface area contributed by atoms with Crippen LogP contribution in [0.5, 0.6) is 0 Å². The van der Waals surface area contributed by atoms with Crippen LogP contribution in [0.2, 0.25) is 0 Å². The van der Waals surface area contributed by atoms with Gasteiger partial charge in [0, 0.05) is 5.69 Å². The van der Waals surface area contributed by atoms with Crippen LogP contribution in [0.3, 0.4) is 0 Å². The van der Waals surface area contributed by atoms with Crippen molar-refractivity contribution in [3.05, 3.63) is 95.6 Å². The van der Waals surface area contributed by atoms with E-state index in [1.165, 1.54) is 12.7 Å². The molecule has 1 atom stereocenters. The van der Waals surface area contributed by atoms with Crippen molar-refractivity contribution in [3.63, 3.8) is 0 Å². The highest BCUT2D eigenvalue weighted by molar-refractivity contribution is 7.92. The Morgan fingerprint density at radius 3 is 2.27 bits per heavy atom. The Morgan fingerprint density at radius 1 is 0.879 bits per heavy atom. The van der Waals surface area contributed by atoms with E-state index in [0.717, 1.165) is 30.4 Å². The molecule has 33 heavy (non-hydrogen) atoms. The number of nitrogens with one attached hydrogen (secondary N) is 1. The highest BCUT2D eigenvalue weighted by Crippen LogP contribution is 2.21. The first kappa shape index (κ1) is 24.5. The molecule has 0 saturated heterocycles. The van der Waals surface area contributed by atoms with Gasteiger partial charge in [0.05, 0.1) is 17.9 Å². The lowest BCUT2D eigenvalue weighted by Gasteiger charge is -2.15. The number of hydrogen-bond donors (Lipinski definition) is 1. The molecule has 3 aromatic rings. The second kappa shape index (κ2) is 11.7. The summed E-state index contributed by atoms with van der Waals surface area (Å²) >= 11 is 0. The van der Waals surface area contributed by atoms with E-state index in [9.17, 15) is 13.2 Å². The number of hydrogen-bond acceptors (Lipinski definition) is 4. The van der Waals surface area contributed by atoms with Crippen LogP contribution < -0.4 is 4.72 Å². The second-order valence-electron chi connectivity index (χ2n) is 8.26. The number of carbonyl (C=O) groups is 1. The largest absolute Gasteiger partial charge is 0.469 e. The first-order valence-corrected chi connectivity index (χ1v) is 12.7. The van der Waals surface area contributed by atoms with Crippen molar-refractivity contribution >= 4 is 21.7 Å². The van der Waals surface area contributed by atoms with Crippen LogP contribution in [0, 0.1) is 12.8 Å². The molecule has 1 N–H and O–H groups in total. The molecule has 0 aliphatic rings. The summed E-state index contributed by atoms with van der Waals surface area (Å²) in [6.07, 6.45) is 3.69. The maximum Gasteiger partial charge on any atom is 0.308 e. The van der Waals surface area contributed by atoms with Crippen molar-refractivity contribution in [1.29, 1.82) is 0 Å². The minimum Gasteiger partial charge on any atom is -0.469 e. The molecule has 0 saturated carbocycles. The fourth-order valence-corrected chi connectivity index (χ4v) is 4.92. The predicted octanol–water partition coefficient (Wildman–Crippen LogP) is 5.54. The lowest BCUT2D eigenvalue weighted by Crippen LogP contribution is -2.17. The van der Waals surface area contributed by atoms with Crippen LogP contribution in [-0.4, -0.2) is 21.5 Å². The Bertz CT molecular complexity index is 1140. The third-order valence-electron chi connectivity index (χ3n) is 5.69. The predicted molar refractivity (Wildman–Crippen MR) is 132 cm³/mol. The van der Waals surface area contributed by atoms with E-state index in [2.05, 4.69) is 16.9 Å². The number of rotatable bonds is 11. The smallest absolute Gasteiger partial charge is 0.308 e. The molecule has 0 aliphatic carbocycles. The van der Waals surface area contributed by atoms with E-state index < -0.39 is 10.0 Å². The molecule has 0 radical (unpaired) electrons. The Labute approximate surface area is 196 Å². The van der Waals surface area contributed by atoms with Crippen LogP contribution in [0.4, 0.5) is 5.69 Å². The molecule has 0 bridgehead atoms. The zero-order valence-electron chi connectivity index (χ0n) is 19.2. The topological polar surface area (TPSA) is 72.5 Å². The molecule has 0 fully saturated rings. The van der Waals surface area contributed by atoms with Gasteiger partial charge in [0.1, 0.15) is 0 Å². The fraction of sp³-hybridized carbons (Fsp3) is 0.296. The van der Waals surface area contributed by atoms with Gasteiger partial charge in [-0.05, 0) is 74.4 Å². The average molecular weight is 466 g/mol. The summed E-state index contributed by atoms with van der Waals surface area (Å²) in [6.45, 7) is 1.95. The molecule has 5 nitrogen and oxygen atoms in total. The highest BCUT2D eigenvalue weighted by Gasteiger charge is 2.19. The molecule has 0 amide bonds. The maximum absolute atomic E-state index is 12.8. The van der Waals surface area contributed by atoms with Gasteiger partial charge in [0.15, 0.2) is 0 Å². The van der Waals surface area contributed by atoms with E-state index >= 15 is 0 Å². The number of anilines is 1. The summed E-state index contributed by atoms with van der Waals surface area (Å²) in [6, 6.07) is 24.3. The normalized spacial score (nSPS) is 12.2. The monoisotopic (exact) mass is 465 g/mol. The van der Waals surface area contributed by atoms with Gasteiger partial charge in [0.25, 0.3) is 10.0 Å². The summed E-state index contributed by atoms with van der Waals surface area (Å²) in [7, 11) is -2.25. The van der Waals surface area contributed by atoms with E-state index in [1.807, 2.05) is 43.3 Å². The number of sulfonamides is 1. The van der Waals surface area contributed by atoms with Gasteiger partial charge in [-0.15, -0.1) is 0 Å². The van der Waals surface area contributed by atoms with Crippen LogP contribution in [0.1, 0.15) is 36.0 Å². The van der Waals surface area contributed by atoms with Gasteiger partial charge in [-0.25, -0.2) is 8.42 Å². The quantitative estimate of drug-likeness (QED) is 0.377. The van der Waals surface area contributed by atoms with E-state index in [0.29, 0.717) is 18.5 Å². The zero-order valence-corrected chi connectivity index (χ0v) is 20.0. The Balaban J connectivity index is 1.59. The number of ether oxygens (including phenoxy) is 1. The first-order valence-electron chi connectivity index (χ1n) is 11.2. The first-order chi connectivity index (χ1) is 15.9. The molecule has 0 spiro atoms. The number of esters is 1. The van der Waals surface area contributed by atoms with Gasteiger partial charge >= 0.3 is 5.97 Å². The van der Waals surface area contributed by atoms with Gasteiger partial charge < -0.3 is 4.74 Å². The molecule has 3 rings (SSSR count). The lowest BCUT2D eigenvalue weighted by molar-refractivity contribution is -0.145. The van der Waals surface area contributed by atoms with Crippen molar-refractivity contribution < 1.29 is 17.9 Å². The second-order valence-corrected chi connectivity index (χ2v) is 9.94. The number of benzene rings is 3. The Kier molecular flexibility index (Phi) is 8.66. The molecule has 0 heterocycles. The van der Waals surface area contributed by atoms with Gasteiger partial charge in [-0.2, -0.15) is 0 Å². The van der Waals surface area contributed by atoms with Crippen LogP contribution in [0.15, 0.2) is 83.8 Å². The van der Waals surface area contributed by atoms with E-state index in [-0.39, 0.29) is 16.8 Å². The standard InChI is InChI=1S/C27H31NO4S/c1-21-14-18-25(19-15-21)28-33(30,31)26-13-7-11-23(20-26)10-6-12-24(27(29)32-2)17-16-22-8-4-3-5-9-22/h3-5,7-9,11,13-15,18-20,24,28H,6,10,12,16-17H2,1-2H3. The number of methoxy groups -OCH3 is 1. The third-order valence-corrected chi connectivity index (χ3v) is 7.07. The molecule has 0 aromatic heterocycles. The molecule has 1 unspecified atom stereocenters. The van der Waals surface area contributed by atoms with Crippen molar-refractivity contribution in [2.75, 3.05) is 11.8 Å². The third kappa shape index (κ3) is 7.46. The molecular formula is C27H31NO4S. The maximum atomic E-state index is 12.8. The van der Waals surface area contributed by atoms with Crippen molar-refractivity contribution in [3.8, 4) is 0 Å². The van der Waals surface area contributed by atoms with Gasteiger partial charge in [-0.3, -0.25) is 9.52 Å². The summed E-state index contributed by atoms with van der Waals surface area (Å²) < 4.78 is 33.2. The SMILES string of the molecule is COC(=O)C(CCCc1cccc(S(=O)(=O)Nc2ccc(C)cc2)c1)CCc1ccccc1. The summed E-state index contributed by atoms with van der Waals surface area (Å²) in [4.78, 5) is 12.5. The molecule has 0 aliphatic heterocycles.